The molecule has 0 aromatic heterocycles. The second-order valence-electron chi connectivity index (χ2n) is 2.48. The smallest absolute Gasteiger partial charge is 0.0908 e. The zero-order chi connectivity index (χ0) is 9.52. The second-order valence-corrected chi connectivity index (χ2v) is 2.48. The third kappa shape index (κ3) is 3.03. The van der Waals surface area contributed by atoms with E-state index in [0.29, 0.717) is 0 Å². The van der Waals surface area contributed by atoms with Gasteiger partial charge in [-0.1, -0.05) is 36.4 Å². The molecule has 0 amide bonds. The van der Waals surface area contributed by atoms with E-state index in [2.05, 4.69) is 0 Å². The lowest BCUT2D eigenvalue weighted by atomic mass is 10.1. The zero-order valence-corrected chi connectivity index (χ0v) is 6.83. The van der Waals surface area contributed by atoms with E-state index in [1.807, 2.05) is 30.3 Å². The van der Waals surface area contributed by atoms with Gasteiger partial charge in [-0.3, -0.25) is 0 Å². The van der Waals surface area contributed by atoms with Crippen LogP contribution >= 0.6 is 0 Å². The molecule has 0 saturated heterocycles. The molecule has 1 aromatic carbocycles. The SMILES string of the molecule is [2H]/C(C#N)=C\CCc1ccccc1. The fourth-order valence-electron chi connectivity index (χ4n) is 1.00. The normalized spacial score (nSPS) is 11.9. The minimum atomic E-state index is 0.0518. The van der Waals surface area contributed by atoms with Gasteiger partial charge in [-0.25, -0.2) is 0 Å². The lowest BCUT2D eigenvalue weighted by Crippen LogP contribution is -1.80. The average Bonchev–Trinajstić information content (AvgIpc) is 2.19. The summed E-state index contributed by atoms with van der Waals surface area (Å²) in [6.45, 7) is 0. The van der Waals surface area contributed by atoms with E-state index in [9.17, 15) is 0 Å². The fraction of sp³-hybridized carbons (Fsp3) is 0.182. The summed E-state index contributed by atoms with van der Waals surface area (Å²) in [6.07, 6.45) is 3.30. The number of aryl methyl sites for hydroxylation is 1. The first kappa shape index (κ1) is 7.12. The number of hydrogen-bond donors (Lipinski definition) is 0. The fourth-order valence-corrected chi connectivity index (χ4v) is 1.00. The van der Waals surface area contributed by atoms with Crippen molar-refractivity contribution in [2.45, 2.75) is 12.8 Å². The molecule has 12 heavy (non-hydrogen) atoms. The largest absolute Gasteiger partial charge is 0.193 e. The summed E-state index contributed by atoms with van der Waals surface area (Å²) in [6, 6.07) is 11.9. The lowest BCUT2D eigenvalue weighted by molar-refractivity contribution is 1.00. The van der Waals surface area contributed by atoms with E-state index >= 15 is 0 Å². The third-order valence-electron chi connectivity index (χ3n) is 1.59. The van der Waals surface area contributed by atoms with Crippen molar-refractivity contribution < 1.29 is 1.37 Å². The molecule has 0 N–H and O–H groups in total. The molecule has 0 saturated carbocycles. The highest BCUT2D eigenvalue weighted by molar-refractivity contribution is 5.15. The first-order valence-electron chi connectivity index (χ1n) is 4.43. The highest BCUT2D eigenvalue weighted by Crippen LogP contribution is 2.02. The number of allylic oxidation sites excluding steroid dienone is 2. The van der Waals surface area contributed by atoms with Crippen molar-refractivity contribution in [2.75, 3.05) is 0 Å². The van der Waals surface area contributed by atoms with Gasteiger partial charge in [0.15, 0.2) is 0 Å². The van der Waals surface area contributed by atoms with Gasteiger partial charge in [0.1, 0.15) is 0 Å². The van der Waals surface area contributed by atoms with Crippen molar-refractivity contribution >= 4 is 0 Å². The van der Waals surface area contributed by atoms with Crippen molar-refractivity contribution in [3.63, 3.8) is 0 Å². The van der Waals surface area contributed by atoms with Crippen LogP contribution in [0.25, 0.3) is 0 Å². The summed E-state index contributed by atoms with van der Waals surface area (Å²) in [7, 11) is 0. The monoisotopic (exact) mass is 158 g/mol. The summed E-state index contributed by atoms with van der Waals surface area (Å²) >= 11 is 0. The molecule has 0 atom stereocenters. The Kier molecular flexibility index (Phi) is 3.05. The summed E-state index contributed by atoms with van der Waals surface area (Å²) in [5, 5.41) is 8.33. The van der Waals surface area contributed by atoms with Crippen molar-refractivity contribution in [3.05, 3.63) is 48.0 Å². The Balaban J connectivity index is 2.41. The van der Waals surface area contributed by atoms with Crippen molar-refractivity contribution in [2.24, 2.45) is 0 Å². The quantitative estimate of drug-likeness (QED) is 0.620. The lowest BCUT2D eigenvalue weighted by Gasteiger charge is -1.94. The van der Waals surface area contributed by atoms with Crippen LogP contribution in [0.3, 0.4) is 0 Å². The Labute approximate surface area is 74.4 Å². The maximum absolute atomic E-state index is 8.33. The van der Waals surface area contributed by atoms with Crippen LogP contribution in [0.2, 0.25) is 0 Å². The standard InChI is InChI=1S/C11H11N/c12-10-6-2-5-9-11-7-3-1-4-8-11/h1-4,6-8H,5,9H2/b6-2+/i6D. The van der Waals surface area contributed by atoms with Gasteiger partial charge in [0.25, 0.3) is 0 Å². The van der Waals surface area contributed by atoms with E-state index < -0.39 is 0 Å². The molecular formula is C11H11N. The Bertz CT molecular complexity index is 322. The molecule has 0 spiro atoms. The predicted molar refractivity (Wildman–Crippen MR) is 49.5 cm³/mol. The number of nitrogens with zero attached hydrogens (tertiary/aromatic N) is 1. The van der Waals surface area contributed by atoms with E-state index in [0.717, 1.165) is 12.8 Å². The molecule has 1 rings (SSSR count). The highest BCUT2D eigenvalue weighted by Gasteiger charge is 1.86. The van der Waals surface area contributed by atoms with E-state index in [-0.39, 0.29) is 6.05 Å². The third-order valence-corrected chi connectivity index (χ3v) is 1.59. The predicted octanol–water partition coefficient (Wildman–Crippen LogP) is 2.70. The molecule has 0 heterocycles. The van der Waals surface area contributed by atoms with Crippen LogP contribution in [0.15, 0.2) is 42.5 Å². The van der Waals surface area contributed by atoms with Crippen LogP contribution in [0.1, 0.15) is 13.4 Å². The van der Waals surface area contributed by atoms with Crippen LogP contribution in [0.4, 0.5) is 0 Å². The Morgan fingerprint density at radius 2 is 2.17 bits per heavy atom. The Morgan fingerprint density at radius 3 is 2.83 bits per heavy atom. The van der Waals surface area contributed by atoms with Crippen molar-refractivity contribution in [3.8, 4) is 6.07 Å². The van der Waals surface area contributed by atoms with Crippen LogP contribution in [0, 0.1) is 11.3 Å². The number of hydrogen-bond acceptors (Lipinski definition) is 1. The molecule has 0 radical (unpaired) electrons. The summed E-state index contributed by atoms with van der Waals surface area (Å²) in [4.78, 5) is 0. The van der Waals surface area contributed by atoms with Gasteiger partial charge in [-0.2, -0.15) is 5.26 Å². The molecule has 1 nitrogen and oxygen atoms in total. The molecule has 60 valence electrons. The first-order chi connectivity index (χ1) is 6.33. The van der Waals surface area contributed by atoms with Crippen LogP contribution < -0.4 is 0 Å². The number of benzene rings is 1. The van der Waals surface area contributed by atoms with E-state index in [1.54, 1.807) is 12.1 Å². The summed E-state index contributed by atoms with van der Waals surface area (Å²) in [5.41, 5.74) is 1.24. The van der Waals surface area contributed by atoms with Crippen LogP contribution in [-0.2, 0) is 6.42 Å². The highest BCUT2D eigenvalue weighted by atomic mass is 14.2. The summed E-state index contributed by atoms with van der Waals surface area (Å²) in [5.74, 6) is 0. The maximum atomic E-state index is 8.33. The second kappa shape index (κ2) is 5.15. The van der Waals surface area contributed by atoms with Gasteiger partial charge in [0, 0.05) is 6.05 Å². The van der Waals surface area contributed by atoms with E-state index in [4.69, 9.17) is 6.63 Å². The molecule has 0 aliphatic rings. The van der Waals surface area contributed by atoms with Gasteiger partial charge in [0.05, 0.1) is 7.44 Å². The van der Waals surface area contributed by atoms with Gasteiger partial charge < -0.3 is 0 Å². The number of nitriles is 1. The van der Waals surface area contributed by atoms with Gasteiger partial charge in [0.2, 0.25) is 0 Å². The minimum Gasteiger partial charge on any atom is -0.193 e. The van der Waals surface area contributed by atoms with Crippen LogP contribution in [0.5, 0.6) is 0 Å². The topological polar surface area (TPSA) is 23.8 Å². The molecule has 0 unspecified atom stereocenters. The molecule has 1 aromatic rings. The molecule has 0 aliphatic heterocycles. The van der Waals surface area contributed by atoms with Crippen molar-refractivity contribution in [1.82, 2.24) is 0 Å². The molecular weight excluding hydrogens is 146 g/mol. The Hall–Kier alpha value is -1.55. The Morgan fingerprint density at radius 1 is 1.42 bits per heavy atom. The molecule has 0 fully saturated rings. The summed E-state index contributed by atoms with van der Waals surface area (Å²) < 4.78 is 7.09. The van der Waals surface area contributed by atoms with Gasteiger partial charge in [-0.05, 0) is 18.4 Å². The van der Waals surface area contributed by atoms with Gasteiger partial charge in [-0.15, -0.1) is 0 Å². The number of rotatable bonds is 3. The van der Waals surface area contributed by atoms with Crippen LogP contribution in [-0.4, -0.2) is 0 Å². The molecule has 0 aliphatic carbocycles. The van der Waals surface area contributed by atoms with E-state index in [1.165, 1.54) is 5.56 Å². The maximum Gasteiger partial charge on any atom is 0.0908 e. The molecule has 0 bridgehead atoms. The molecule has 1 heteroatoms. The zero-order valence-electron chi connectivity index (χ0n) is 7.83. The average molecular weight is 158 g/mol. The first-order valence-corrected chi connectivity index (χ1v) is 3.93. The van der Waals surface area contributed by atoms with Gasteiger partial charge >= 0.3 is 0 Å². The minimum absolute atomic E-state index is 0.0518. The van der Waals surface area contributed by atoms with Crippen molar-refractivity contribution in [1.29, 1.82) is 5.26 Å².